The zero-order chi connectivity index (χ0) is 18.4. The van der Waals surface area contributed by atoms with Crippen molar-refractivity contribution >= 4 is 17.5 Å². The van der Waals surface area contributed by atoms with Gasteiger partial charge in [-0.3, -0.25) is 14.9 Å². The third-order valence-electron chi connectivity index (χ3n) is 3.70. The van der Waals surface area contributed by atoms with Crippen molar-refractivity contribution in [1.29, 1.82) is 0 Å². The molecule has 0 spiro atoms. The number of carbonyl (C=O) groups is 1. The summed E-state index contributed by atoms with van der Waals surface area (Å²) in [6.07, 6.45) is 4.79. The van der Waals surface area contributed by atoms with Gasteiger partial charge >= 0.3 is 5.69 Å². The molecule has 0 heterocycles. The molecule has 0 aliphatic carbocycles. The number of nitro benzene ring substituents is 1. The highest BCUT2D eigenvalue weighted by molar-refractivity contribution is 6.06. The van der Waals surface area contributed by atoms with Crippen molar-refractivity contribution in [2.24, 2.45) is 0 Å². The number of rotatable bonds is 7. The summed E-state index contributed by atoms with van der Waals surface area (Å²) in [6, 6.07) is 9.97. The molecule has 0 aliphatic heterocycles. The van der Waals surface area contributed by atoms with Gasteiger partial charge in [0.2, 0.25) is 5.75 Å². The van der Waals surface area contributed by atoms with Crippen LogP contribution in [0.15, 0.2) is 42.5 Å². The minimum atomic E-state index is -0.705. The van der Waals surface area contributed by atoms with Gasteiger partial charge in [0, 0.05) is 11.6 Å². The molecule has 0 atom stereocenters. The van der Waals surface area contributed by atoms with Crippen LogP contribution in [0.5, 0.6) is 11.5 Å². The van der Waals surface area contributed by atoms with Crippen molar-refractivity contribution in [1.82, 2.24) is 0 Å². The third-order valence-corrected chi connectivity index (χ3v) is 3.70. The Hall–Kier alpha value is -3.15. The van der Waals surface area contributed by atoms with Crippen LogP contribution in [0.1, 0.15) is 34.8 Å². The lowest BCUT2D eigenvalue weighted by atomic mass is 10.0. The minimum Gasteiger partial charge on any atom is -0.500 e. The summed E-state index contributed by atoms with van der Waals surface area (Å²) < 4.78 is 4.93. The van der Waals surface area contributed by atoms with E-state index in [0.29, 0.717) is 11.1 Å². The molecule has 0 fully saturated rings. The topological polar surface area (TPSA) is 89.7 Å². The minimum absolute atomic E-state index is 0.0229. The largest absolute Gasteiger partial charge is 0.500 e. The van der Waals surface area contributed by atoms with E-state index in [1.807, 2.05) is 12.1 Å². The number of hydrogen-bond donors (Lipinski definition) is 1. The van der Waals surface area contributed by atoms with E-state index in [0.717, 1.165) is 12.8 Å². The quantitative estimate of drug-likeness (QED) is 0.353. The molecule has 2 aromatic rings. The van der Waals surface area contributed by atoms with Gasteiger partial charge < -0.3 is 9.84 Å². The molecule has 0 unspecified atom stereocenters. The molecule has 1 N–H and O–H groups in total. The summed E-state index contributed by atoms with van der Waals surface area (Å²) in [4.78, 5) is 22.5. The Morgan fingerprint density at radius 2 is 1.96 bits per heavy atom. The van der Waals surface area contributed by atoms with Crippen LogP contribution in [0.3, 0.4) is 0 Å². The summed E-state index contributed by atoms with van der Waals surface area (Å²) in [5.74, 6) is -0.773. The van der Waals surface area contributed by atoms with Crippen molar-refractivity contribution in [3.05, 3.63) is 69.3 Å². The molecule has 0 aliphatic rings. The molecule has 0 saturated heterocycles. The number of aryl methyl sites for hydroxylation is 1. The monoisotopic (exact) mass is 341 g/mol. The van der Waals surface area contributed by atoms with Crippen LogP contribution >= 0.6 is 0 Å². The van der Waals surface area contributed by atoms with E-state index < -0.39 is 16.4 Å². The second-order valence-electron chi connectivity index (χ2n) is 5.49. The van der Waals surface area contributed by atoms with Crippen LogP contribution in [-0.2, 0) is 6.42 Å². The molecule has 0 saturated carbocycles. The number of aromatic hydroxyl groups is 1. The number of nitro groups is 1. The van der Waals surface area contributed by atoms with Gasteiger partial charge in [0.05, 0.1) is 12.0 Å². The molecule has 0 aromatic heterocycles. The lowest BCUT2D eigenvalue weighted by Gasteiger charge is -2.05. The number of methoxy groups -OCH3 is 1. The maximum absolute atomic E-state index is 12.2. The summed E-state index contributed by atoms with van der Waals surface area (Å²) in [7, 11) is 1.30. The number of hydrogen-bond acceptors (Lipinski definition) is 5. The molecule has 25 heavy (non-hydrogen) atoms. The second-order valence-corrected chi connectivity index (χ2v) is 5.49. The standard InChI is InChI=1S/C19H19NO5/c1-3-4-13-5-8-15(9-6-13)17(21)10-7-14-11-16(20(23)24)19(22)18(12-14)25-2/h5-12,22H,3-4H2,1-2H3/b10-7+. The number of ketones is 1. The van der Waals surface area contributed by atoms with E-state index in [1.54, 1.807) is 12.1 Å². The van der Waals surface area contributed by atoms with Crippen molar-refractivity contribution in [2.45, 2.75) is 19.8 Å². The Kier molecular flexibility index (Phi) is 5.89. The van der Waals surface area contributed by atoms with Gasteiger partial charge in [-0.1, -0.05) is 43.7 Å². The first-order valence-electron chi connectivity index (χ1n) is 7.83. The molecule has 2 rings (SSSR count). The Balaban J connectivity index is 2.24. The fraction of sp³-hybridized carbons (Fsp3) is 0.211. The summed E-state index contributed by atoms with van der Waals surface area (Å²) >= 11 is 0. The van der Waals surface area contributed by atoms with Crippen molar-refractivity contribution in [3.63, 3.8) is 0 Å². The van der Waals surface area contributed by atoms with Crippen LogP contribution < -0.4 is 4.74 Å². The van der Waals surface area contributed by atoms with Gasteiger partial charge in [-0.2, -0.15) is 0 Å². The lowest BCUT2D eigenvalue weighted by molar-refractivity contribution is -0.386. The molecular weight excluding hydrogens is 322 g/mol. The van der Waals surface area contributed by atoms with Crippen LogP contribution in [0.4, 0.5) is 5.69 Å². The number of phenols is 1. The number of nitrogens with zero attached hydrogens (tertiary/aromatic N) is 1. The molecule has 0 bridgehead atoms. The second kappa shape index (κ2) is 8.10. The van der Waals surface area contributed by atoms with Crippen molar-refractivity contribution in [2.75, 3.05) is 7.11 Å². The maximum atomic E-state index is 12.2. The molecule has 0 radical (unpaired) electrons. The highest BCUT2D eigenvalue weighted by atomic mass is 16.6. The molecule has 130 valence electrons. The SMILES string of the molecule is CCCc1ccc(C(=O)/C=C/c2cc(OC)c(O)c([N+](=O)[O-])c2)cc1. The third kappa shape index (κ3) is 4.44. The smallest absolute Gasteiger partial charge is 0.315 e. The van der Waals surface area contributed by atoms with Gasteiger partial charge in [0.25, 0.3) is 0 Å². The Labute approximate surface area is 145 Å². The van der Waals surface area contributed by atoms with Gasteiger partial charge in [-0.15, -0.1) is 0 Å². The number of phenolic OH excluding ortho intramolecular Hbond substituents is 1. The van der Waals surface area contributed by atoms with Gasteiger partial charge in [-0.25, -0.2) is 0 Å². The molecular formula is C19H19NO5. The maximum Gasteiger partial charge on any atom is 0.315 e. The van der Waals surface area contributed by atoms with E-state index in [-0.39, 0.29) is 11.5 Å². The number of allylic oxidation sites excluding steroid dienone is 1. The predicted octanol–water partition coefficient (Wildman–Crippen LogP) is 4.16. The fourth-order valence-electron chi connectivity index (χ4n) is 2.40. The number of carbonyl (C=O) groups excluding carboxylic acids is 1. The van der Waals surface area contributed by atoms with Gasteiger partial charge in [0.15, 0.2) is 11.5 Å². The predicted molar refractivity (Wildman–Crippen MR) is 95.1 cm³/mol. The Morgan fingerprint density at radius 1 is 1.28 bits per heavy atom. The zero-order valence-corrected chi connectivity index (χ0v) is 14.1. The highest BCUT2D eigenvalue weighted by Gasteiger charge is 2.19. The fourth-order valence-corrected chi connectivity index (χ4v) is 2.40. The zero-order valence-electron chi connectivity index (χ0n) is 14.1. The van der Waals surface area contributed by atoms with Crippen LogP contribution in [0, 0.1) is 10.1 Å². The number of benzene rings is 2. The van der Waals surface area contributed by atoms with Gasteiger partial charge in [0.1, 0.15) is 0 Å². The summed E-state index contributed by atoms with van der Waals surface area (Å²) in [6.45, 7) is 2.09. The van der Waals surface area contributed by atoms with Gasteiger partial charge in [-0.05, 0) is 29.7 Å². The lowest BCUT2D eigenvalue weighted by Crippen LogP contribution is -1.95. The highest BCUT2D eigenvalue weighted by Crippen LogP contribution is 2.37. The Bertz CT molecular complexity index is 809. The molecule has 0 amide bonds. The van der Waals surface area contributed by atoms with E-state index in [4.69, 9.17) is 4.74 Å². The average molecular weight is 341 g/mol. The van der Waals surface area contributed by atoms with Crippen molar-refractivity contribution < 1.29 is 19.6 Å². The molecule has 6 heteroatoms. The summed E-state index contributed by atoms with van der Waals surface area (Å²) in [5.41, 5.74) is 1.62. The number of ether oxygens (including phenoxy) is 1. The van der Waals surface area contributed by atoms with E-state index in [9.17, 15) is 20.0 Å². The first kappa shape index (κ1) is 18.2. The average Bonchev–Trinajstić information content (AvgIpc) is 2.61. The molecule has 2 aromatic carbocycles. The van der Waals surface area contributed by atoms with Crippen LogP contribution in [0.2, 0.25) is 0 Å². The van der Waals surface area contributed by atoms with E-state index >= 15 is 0 Å². The molecule has 6 nitrogen and oxygen atoms in total. The first-order valence-corrected chi connectivity index (χ1v) is 7.83. The van der Waals surface area contributed by atoms with Crippen molar-refractivity contribution in [3.8, 4) is 11.5 Å². The normalized spacial score (nSPS) is 10.8. The van der Waals surface area contributed by atoms with E-state index in [2.05, 4.69) is 6.92 Å². The first-order chi connectivity index (χ1) is 12.0. The summed E-state index contributed by atoms with van der Waals surface area (Å²) in [5, 5.41) is 20.7. The van der Waals surface area contributed by atoms with Crippen LogP contribution in [-0.4, -0.2) is 22.9 Å². The Morgan fingerprint density at radius 3 is 2.52 bits per heavy atom. The van der Waals surface area contributed by atoms with Crippen LogP contribution in [0.25, 0.3) is 6.08 Å². The van der Waals surface area contributed by atoms with E-state index in [1.165, 1.54) is 37.0 Å².